The number of anilines is 2. The molecule has 0 aliphatic heterocycles. The third-order valence-corrected chi connectivity index (χ3v) is 7.55. The average molecular weight is 571 g/mol. The van der Waals surface area contributed by atoms with Gasteiger partial charge in [-0.25, -0.2) is 0 Å². The van der Waals surface area contributed by atoms with Gasteiger partial charge in [0.05, 0.1) is 37.1 Å². The van der Waals surface area contributed by atoms with Gasteiger partial charge in [0.2, 0.25) is 11.8 Å². The number of ether oxygens (including phenoxy) is 2. The zero-order valence-electron chi connectivity index (χ0n) is 21.5. The molecule has 3 aromatic carbocycles. The van der Waals surface area contributed by atoms with E-state index in [1.165, 1.54) is 21.1 Å². The lowest BCUT2D eigenvalue weighted by atomic mass is 9.61. The van der Waals surface area contributed by atoms with Crippen molar-refractivity contribution >= 4 is 52.2 Å². The molecule has 8 nitrogen and oxygen atoms in total. The van der Waals surface area contributed by atoms with Crippen molar-refractivity contribution in [1.82, 2.24) is 0 Å². The predicted octanol–water partition coefficient (Wildman–Crippen LogP) is 5.33. The summed E-state index contributed by atoms with van der Waals surface area (Å²) in [5.41, 5.74) is -0.919. The molecule has 1 aliphatic rings. The van der Waals surface area contributed by atoms with E-state index < -0.39 is 47.4 Å². The highest BCUT2D eigenvalue weighted by Crippen LogP contribution is 2.50. The molecule has 0 aromatic heterocycles. The molecule has 204 valence electrons. The summed E-state index contributed by atoms with van der Waals surface area (Å²) in [6.07, 6.45) is -0.445. The van der Waals surface area contributed by atoms with Crippen LogP contribution >= 0.6 is 23.2 Å². The first-order valence-corrected chi connectivity index (χ1v) is 12.9. The van der Waals surface area contributed by atoms with Crippen molar-refractivity contribution < 1.29 is 29.0 Å². The van der Waals surface area contributed by atoms with Crippen molar-refractivity contribution in [1.29, 1.82) is 0 Å². The first kappa shape index (κ1) is 28.4. The molecular formula is C29H28Cl2N2O6. The van der Waals surface area contributed by atoms with Gasteiger partial charge >= 0.3 is 0 Å². The molecule has 0 bridgehead atoms. The van der Waals surface area contributed by atoms with Crippen molar-refractivity contribution in [2.45, 2.75) is 24.9 Å². The number of hydrogen-bond acceptors (Lipinski definition) is 6. The number of carbonyl (C=O) groups is 3. The minimum absolute atomic E-state index is 0.156. The second kappa shape index (κ2) is 11.7. The zero-order chi connectivity index (χ0) is 28.3. The number of hydrogen-bond donors (Lipinski definition) is 3. The van der Waals surface area contributed by atoms with Gasteiger partial charge in [0, 0.05) is 22.4 Å². The lowest BCUT2D eigenvalue weighted by Crippen LogP contribution is -2.56. The molecule has 0 radical (unpaired) electrons. The summed E-state index contributed by atoms with van der Waals surface area (Å²) in [6.45, 7) is 1.39. The van der Waals surface area contributed by atoms with Gasteiger partial charge in [-0.3, -0.25) is 14.4 Å². The van der Waals surface area contributed by atoms with Crippen LogP contribution in [0, 0.1) is 11.8 Å². The minimum Gasteiger partial charge on any atom is -0.495 e. The monoisotopic (exact) mass is 570 g/mol. The van der Waals surface area contributed by atoms with Crippen LogP contribution in [-0.2, 0) is 14.4 Å². The van der Waals surface area contributed by atoms with E-state index in [0.29, 0.717) is 22.9 Å². The van der Waals surface area contributed by atoms with E-state index in [2.05, 4.69) is 10.6 Å². The van der Waals surface area contributed by atoms with E-state index in [4.69, 9.17) is 32.7 Å². The van der Waals surface area contributed by atoms with Gasteiger partial charge in [0.1, 0.15) is 23.2 Å². The van der Waals surface area contributed by atoms with Crippen molar-refractivity contribution in [2.24, 2.45) is 11.8 Å². The van der Waals surface area contributed by atoms with Crippen LogP contribution in [-0.4, -0.2) is 42.5 Å². The normalized spacial score (nSPS) is 22.6. The molecule has 0 heterocycles. The highest BCUT2D eigenvalue weighted by Gasteiger charge is 2.56. The van der Waals surface area contributed by atoms with Gasteiger partial charge in [-0.2, -0.15) is 0 Å². The first-order valence-electron chi connectivity index (χ1n) is 12.2. The van der Waals surface area contributed by atoms with Crippen LogP contribution in [0.4, 0.5) is 11.4 Å². The van der Waals surface area contributed by atoms with Crippen LogP contribution in [0.2, 0.25) is 10.0 Å². The molecule has 2 amide bonds. The Bertz CT molecular complexity index is 1390. The van der Waals surface area contributed by atoms with E-state index >= 15 is 0 Å². The van der Waals surface area contributed by atoms with Crippen molar-refractivity contribution in [3.05, 3.63) is 82.3 Å². The molecule has 4 rings (SSSR count). The Balaban J connectivity index is 1.84. The molecule has 3 N–H and O–H groups in total. The van der Waals surface area contributed by atoms with Gasteiger partial charge < -0.3 is 25.2 Å². The number of para-hydroxylation sites is 4. The van der Waals surface area contributed by atoms with Crippen molar-refractivity contribution in [3.63, 3.8) is 0 Å². The number of rotatable bonds is 7. The van der Waals surface area contributed by atoms with Gasteiger partial charge in [0.25, 0.3) is 0 Å². The second-order valence-corrected chi connectivity index (χ2v) is 10.3. The number of ketones is 1. The van der Waals surface area contributed by atoms with Crippen LogP contribution in [0.5, 0.6) is 11.5 Å². The fourth-order valence-electron chi connectivity index (χ4n) is 5.19. The van der Waals surface area contributed by atoms with Crippen LogP contribution < -0.4 is 20.1 Å². The summed E-state index contributed by atoms with van der Waals surface area (Å²) >= 11 is 13.2. The van der Waals surface area contributed by atoms with Gasteiger partial charge in [-0.05, 0) is 48.9 Å². The van der Waals surface area contributed by atoms with E-state index in [1.54, 1.807) is 66.7 Å². The quantitative estimate of drug-likeness (QED) is 0.331. The third-order valence-electron chi connectivity index (χ3n) is 6.89. The number of aliphatic hydroxyl groups is 1. The summed E-state index contributed by atoms with van der Waals surface area (Å²) < 4.78 is 10.7. The molecular weight excluding hydrogens is 543 g/mol. The standard InChI is InChI=1S/C29H28Cl2N2O6/c1-29(37)15-20(34)24(27(35)32-18-11-4-6-13-21(18)38-2)25(23-16(30)9-8-10-17(23)31)26(29)28(36)33-19-12-5-7-14-22(19)39-3/h4-14,24-26,37H,15H2,1-3H3,(H,32,35)(H,33,36). The number of halogens is 2. The van der Waals surface area contributed by atoms with E-state index in [9.17, 15) is 19.5 Å². The smallest absolute Gasteiger partial charge is 0.235 e. The molecule has 1 fully saturated rings. The average Bonchev–Trinajstić information content (AvgIpc) is 2.88. The highest BCUT2D eigenvalue weighted by molar-refractivity contribution is 6.36. The summed E-state index contributed by atoms with van der Waals surface area (Å²) in [4.78, 5) is 41.2. The maximum Gasteiger partial charge on any atom is 0.235 e. The Kier molecular flexibility index (Phi) is 8.49. The Morgan fingerprint density at radius 2 is 1.33 bits per heavy atom. The van der Waals surface area contributed by atoms with Crippen LogP contribution in [0.25, 0.3) is 0 Å². The summed E-state index contributed by atoms with van der Waals surface area (Å²) in [5, 5.41) is 17.4. The zero-order valence-corrected chi connectivity index (χ0v) is 23.0. The Morgan fingerprint density at radius 1 is 0.846 bits per heavy atom. The molecule has 10 heteroatoms. The lowest BCUT2D eigenvalue weighted by molar-refractivity contribution is -0.150. The molecule has 0 saturated heterocycles. The molecule has 4 atom stereocenters. The SMILES string of the molecule is COc1ccccc1NC(=O)C1C(=O)CC(C)(O)C(C(=O)Nc2ccccc2OC)C1c1c(Cl)cccc1Cl. The Hall–Kier alpha value is -3.59. The van der Waals surface area contributed by atoms with Crippen LogP contribution in [0.3, 0.4) is 0 Å². The molecule has 3 aromatic rings. The molecule has 4 unspecified atom stereocenters. The van der Waals surface area contributed by atoms with Crippen LogP contribution in [0.15, 0.2) is 66.7 Å². The second-order valence-electron chi connectivity index (χ2n) is 9.50. The number of Topliss-reactive ketones (excluding diaryl/α,β-unsaturated/α-hetero) is 1. The number of nitrogens with one attached hydrogen (secondary N) is 2. The van der Waals surface area contributed by atoms with Crippen molar-refractivity contribution in [2.75, 3.05) is 24.9 Å². The van der Waals surface area contributed by atoms with E-state index in [1.807, 2.05) is 0 Å². The molecule has 1 saturated carbocycles. The lowest BCUT2D eigenvalue weighted by Gasteiger charge is -2.45. The largest absolute Gasteiger partial charge is 0.495 e. The summed E-state index contributed by atoms with van der Waals surface area (Å²) in [5.74, 6) is -4.99. The Morgan fingerprint density at radius 3 is 1.85 bits per heavy atom. The van der Waals surface area contributed by atoms with Gasteiger partial charge in [0.15, 0.2) is 0 Å². The number of carbonyl (C=O) groups excluding carboxylic acids is 3. The first-order chi connectivity index (χ1) is 18.6. The molecule has 39 heavy (non-hydrogen) atoms. The fraction of sp³-hybridized carbons (Fsp3) is 0.276. The fourth-order valence-corrected chi connectivity index (χ4v) is 5.84. The maximum atomic E-state index is 13.9. The molecule has 1 aliphatic carbocycles. The van der Waals surface area contributed by atoms with Crippen LogP contribution in [0.1, 0.15) is 24.8 Å². The maximum absolute atomic E-state index is 13.9. The minimum atomic E-state index is -1.84. The number of benzene rings is 3. The summed E-state index contributed by atoms with van der Waals surface area (Å²) in [7, 11) is 2.92. The number of methoxy groups -OCH3 is 2. The number of amides is 2. The summed E-state index contributed by atoms with van der Waals surface area (Å²) in [6, 6.07) is 18.2. The van der Waals surface area contributed by atoms with E-state index in [-0.39, 0.29) is 15.6 Å². The Labute approximate surface area is 236 Å². The highest BCUT2D eigenvalue weighted by atomic mass is 35.5. The molecule has 0 spiro atoms. The van der Waals surface area contributed by atoms with Gasteiger partial charge in [-0.15, -0.1) is 0 Å². The predicted molar refractivity (Wildman–Crippen MR) is 150 cm³/mol. The van der Waals surface area contributed by atoms with Gasteiger partial charge in [-0.1, -0.05) is 53.5 Å². The third kappa shape index (κ3) is 5.73. The van der Waals surface area contributed by atoms with E-state index in [0.717, 1.165) is 0 Å². The van der Waals surface area contributed by atoms with Crippen molar-refractivity contribution in [3.8, 4) is 11.5 Å². The topological polar surface area (TPSA) is 114 Å².